The van der Waals surface area contributed by atoms with E-state index in [1.165, 1.54) is 12.5 Å². The highest BCUT2D eigenvalue weighted by Crippen LogP contribution is 2.33. The number of aromatic amines is 1. The Labute approximate surface area is 173 Å². The van der Waals surface area contributed by atoms with Gasteiger partial charge in [-0.25, -0.2) is 9.99 Å². The molecule has 29 heavy (non-hydrogen) atoms. The number of imidazole rings is 1. The molecule has 0 bridgehead atoms. The first kappa shape index (κ1) is 19.9. The Bertz CT molecular complexity index is 1060. The van der Waals surface area contributed by atoms with Gasteiger partial charge in [0, 0.05) is 28.7 Å². The molecule has 4 rings (SSSR count). The van der Waals surface area contributed by atoms with E-state index in [0.717, 1.165) is 38.1 Å². The van der Waals surface area contributed by atoms with Crippen LogP contribution in [0.5, 0.6) is 0 Å². The summed E-state index contributed by atoms with van der Waals surface area (Å²) in [5.74, 6) is 0.229. The van der Waals surface area contributed by atoms with Crippen molar-refractivity contribution in [1.29, 1.82) is 0 Å². The summed E-state index contributed by atoms with van der Waals surface area (Å²) in [7, 11) is 0. The molecule has 1 aliphatic rings. The van der Waals surface area contributed by atoms with Gasteiger partial charge in [0.05, 0.1) is 16.6 Å². The second-order valence-corrected chi connectivity index (χ2v) is 7.85. The van der Waals surface area contributed by atoms with Gasteiger partial charge < -0.3 is 4.98 Å². The monoisotopic (exact) mass is 466 g/mol. The third-order valence-corrected chi connectivity index (χ3v) is 5.57. The zero-order valence-corrected chi connectivity index (χ0v) is 16.9. The van der Waals surface area contributed by atoms with Gasteiger partial charge in [0.25, 0.3) is 5.91 Å². The number of hydrazine groups is 1. The number of aromatic nitrogens is 2. The summed E-state index contributed by atoms with van der Waals surface area (Å²) >= 11 is 3.45. The molecule has 0 saturated carbocycles. The minimum atomic E-state index is -4.41. The Kier molecular flexibility index (Phi) is 5.35. The number of halogens is 4. The second-order valence-electron chi connectivity index (χ2n) is 7.00. The van der Waals surface area contributed by atoms with Crippen LogP contribution in [0.4, 0.5) is 13.2 Å². The van der Waals surface area contributed by atoms with Crippen LogP contribution in [0.3, 0.4) is 0 Å². The molecule has 9 heteroatoms. The molecule has 1 amide bonds. The number of hydrogen-bond acceptors (Lipinski definition) is 3. The summed E-state index contributed by atoms with van der Waals surface area (Å²) in [6.45, 7) is 1.67. The lowest BCUT2D eigenvalue weighted by atomic mass is 10.1. The minimum Gasteiger partial charge on any atom is -0.338 e. The van der Waals surface area contributed by atoms with Crippen molar-refractivity contribution >= 4 is 32.9 Å². The predicted octanol–water partition coefficient (Wildman–Crippen LogP) is 5.14. The highest BCUT2D eigenvalue weighted by molar-refractivity contribution is 9.10. The van der Waals surface area contributed by atoms with Gasteiger partial charge in [-0.05, 0) is 49.2 Å². The normalized spacial score (nSPS) is 15.6. The summed E-state index contributed by atoms with van der Waals surface area (Å²) in [5.41, 5.74) is 4.06. The van der Waals surface area contributed by atoms with E-state index in [4.69, 9.17) is 0 Å². The number of H-pyrrole nitrogens is 1. The van der Waals surface area contributed by atoms with E-state index in [9.17, 15) is 18.0 Å². The SMILES string of the molecule is O=C(NN1CCCCC1)c1ccc(-c2nc3ccc(C(F)(F)F)cc3[nH]2)c(Br)c1. The molecule has 1 fully saturated rings. The molecule has 3 aromatic rings. The number of benzene rings is 2. The molecule has 1 saturated heterocycles. The van der Waals surface area contributed by atoms with Crippen LogP contribution in [0.25, 0.3) is 22.4 Å². The highest BCUT2D eigenvalue weighted by atomic mass is 79.9. The van der Waals surface area contributed by atoms with Crippen LogP contribution < -0.4 is 5.43 Å². The fourth-order valence-electron chi connectivity index (χ4n) is 3.38. The smallest absolute Gasteiger partial charge is 0.338 e. The van der Waals surface area contributed by atoms with Crippen LogP contribution in [-0.4, -0.2) is 34.0 Å². The molecule has 1 aromatic heterocycles. The summed E-state index contributed by atoms with van der Waals surface area (Å²) in [6, 6.07) is 8.47. The van der Waals surface area contributed by atoms with Crippen molar-refractivity contribution in [2.45, 2.75) is 25.4 Å². The number of piperidine rings is 1. The molecule has 2 N–H and O–H groups in total. The van der Waals surface area contributed by atoms with E-state index in [1.54, 1.807) is 18.2 Å². The molecule has 5 nitrogen and oxygen atoms in total. The molecule has 0 spiro atoms. The zero-order chi connectivity index (χ0) is 20.6. The van der Waals surface area contributed by atoms with Gasteiger partial charge in [0.2, 0.25) is 0 Å². The number of amides is 1. The highest BCUT2D eigenvalue weighted by Gasteiger charge is 2.30. The summed E-state index contributed by atoms with van der Waals surface area (Å²) in [4.78, 5) is 19.8. The van der Waals surface area contributed by atoms with Gasteiger partial charge in [0.15, 0.2) is 0 Å². The molecule has 2 heterocycles. The van der Waals surface area contributed by atoms with Gasteiger partial charge >= 0.3 is 6.18 Å². The quantitative estimate of drug-likeness (QED) is 0.561. The third kappa shape index (κ3) is 4.30. The molecule has 1 aliphatic heterocycles. The molecule has 0 unspecified atom stereocenters. The van der Waals surface area contributed by atoms with E-state index < -0.39 is 11.7 Å². The first-order valence-corrected chi connectivity index (χ1v) is 10.0. The number of carbonyl (C=O) groups is 1. The number of nitrogens with one attached hydrogen (secondary N) is 2. The van der Waals surface area contributed by atoms with Gasteiger partial charge in [-0.3, -0.25) is 10.2 Å². The lowest BCUT2D eigenvalue weighted by Gasteiger charge is -2.26. The second kappa shape index (κ2) is 7.79. The summed E-state index contributed by atoms with van der Waals surface area (Å²) in [6.07, 6.45) is -1.12. The maximum Gasteiger partial charge on any atom is 0.416 e. The van der Waals surface area contributed by atoms with Crippen LogP contribution in [0.1, 0.15) is 35.2 Å². The van der Waals surface area contributed by atoms with E-state index >= 15 is 0 Å². The van der Waals surface area contributed by atoms with Crippen molar-refractivity contribution in [2.24, 2.45) is 0 Å². The van der Waals surface area contributed by atoms with Crippen molar-refractivity contribution in [3.8, 4) is 11.4 Å². The number of alkyl halides is 3. The van der Waals surface area contributed by atoms with Gasteiger partial charge in [-0.2, -0.15) is 13.2 Å². The Balaban J connectivity index is 1.58. The Morgan fingerprint density at radius 1 is 1.10 bits per heavy atom. The maximum atomic E-state index is 12.9. The molecule has 152 valence electrons. The number of nitrogens with zero attached hydrogens (tertiary/aromatic N) is 2. The van der Waals surface area contributed by atoms with E-state index in [2.05, 4.69) is 31.3 Å². The molecule has 0 aliphatic carbocycles. The predicted molar refractivity (Wildman–Crippen MR) is 107 cm³/mol. The fraction of sp³-hybridized carbons (Fsp3) is 0.300. The van der Waals surface area contributed by atoms with E-state index in [-0.39, 0.29) is 5.91 Å². The van der Waals surface area contributed by atoms with Gasteiger partial charge in [-0.15, -0.1) is 0 Å². The third-order valence-electron chi connectivity index (χ3n) is 4.91. The molecular formula is C20H18BrF3N4O. The number of rotatable bonds is 3. The zero-order valence-electron chi connectivity index (χ0n) is 15.3. The summed E-state index contributed by atoms with van der Waals surface area (Å²) < 4.78 is 39.4. The molecular weight excluding hydrogens is 449 g/mol. The van der Waals surface area contributed by atoms with Crippen molar-refractivity contribution in [3.63, 3.8) is 0 Å². The van der Waals surface area contributed by atoms with Crippen molar-refractivity contribution in [1.82, 2.24) is 20.4 Å². The largest absolute Gasteiger partial charge is 0.416 e. The first-order valence-electron chi connectivity index (χ1n) is 9.24. The summed E-state index contributed by atoms with van der Waals surface area (Å²) in [5, 5.41) is 1.92. The number of fused-ring (bicyclic) bond motifs is 1. The molecule has 2 aromatic carbocycles. The number of carbonyl (C=O) groups excluding carboxylic acids is 1. The Morgan fingerprint density at radius 2 is 1.86 bits per heavy atom. The van der Waals surface area contributed by atoms with Gasteiger partial charge in [0.1, 0.15) is 5.82 Å². The van der Waals surface area contributed by atoms with Crippen LogP contribution in [-0.2, 0) is 6.18 Å². The average Bonchev–Trinajstić information content (AvgIpc) is 3.11. The van der Waals surface area contributed by atoms with Crippen molar-refractivity contribution in [2.75, 3.05) is 13.1 Å². The Morgan fingerprint density at radius 3 is 2.55 bits per heavy atom. The fourth-order valence-corrected chi connectivity index (χ4v) is 3.94. The number of hydrogen-bond donors (Lipinski definition) is 2. The molecule has 0 atom stereocenters. The van der Waals surface area contributed by atoms with Gasteiger partial charge in [-0.1, -0.05) is 22.4 Å². The van der Waals surface area contributed by atoms with E-state index in [1.807, 2.05) is 5.01 Å². The minimum absolute atomic E-state index is 0.196. The first-order chi connectivity index (χ1) is 13.8. The van der Waals surface area contributed by atoms with Crippen molar-refractivity contribution in [3.05, 3.63) is 52.0 Å². The van der Waals surface area contributed by atoms with Crippen LogP contribution >= 0.6 is 15.9 Å². The molecule has 0 radical (unpaired) electrons. The van der Waals surface area contributed by atoms with Crippen LogP contribution in [0.2, 0.25) is 0 Å². The maximum absolute atomic E-state index is 12.9. The van der Waals surface area contributed by atoms with Crippen molar-refractivity contribution < 1.29 is 18.0 Å². The lowest BCUT2D eigenvalue weighted by Crippen LogP contribution is -2.45. The lowest BCUT2D eigenvalue weighted by molar-refractivity contribution is -0.137. The topological polar surface area (TPSA) is 61.0 Å². The van der Waals surface area contributed by atoms with Crippen LogP contribution in [0.15, 0.2) is 40.9 Å². The standard InChI is InChI=1S/C20H18BrF3N4O/c21-15-10-12(19(29)27-28-8-2-1-3-9-28)4-6-14(15)18-25-16-7-5-13(20(22,23)24)11-17(16)26-18/h4-7,10-11H,1-3,8-9H2,(H,25,26)(H,27,29). The average molecular weight is 467 g/mol. The van der Waals surface area contributed by atoms with E-state index in [0.29, 0.717) is 32.5 Å². The van der Waals surface area contributed by atoms with Crippen LogP contribution in [0, 0.1) is 0 Å². The Hall–Kier alpha value is -2.39.